The lowest BCUT2D eigenvalue weighted by molar-refractivity contribution is -0.137. The maximum atomic E-state index is 10.3. The van der Waals surface area contributed by atoms with Gasteiger partial charge in [0, 0.05) is 6.20 Å². The summed E-state index contributed by atoms with van der Waals surface area (Å²) in [4.78, 5) is 14.0. The molecule has 0 aliphatic heterocycles. The molecule has 0 atom stereocenters. The first-order valence-corrected chi connectivity index (χ1v) is 3.55. The first-order valence-electron chi connectivity index (χ1n) is 3.14. The molecule has 64 valence electrons. The topological polar surface area (TPSA) is 81.1 Å². The number of rotatable bonds is 2. The van der Waals surface area contributed by atoms with Gasteiger partial charge >= 0.3 is 5.97 Å². The van der Waals surface area contributed by atoms with Crippen LogP contribution in [0.4, 0.5) is 5.82 Å². The predicted molar refractivity (Wildman–Crippen MR) is 45.1 cm³/mol. The third-order valence-electron chi connectivity index (χ3n) is 1.20. The van der Waals surface area contributed by atoms with Gasteiger partial charge in [0.2, 0.25) is 4.77 Å². The number of nitrogens with zero attached hydrogens (tertiary/aromatic N) is 2. The average molecular weight is 185 g/mol. The third-order valence-corrected chi connectivity index (χ3v) is 1.53. The molecule has 3 N–H and O–H groups in total. The van der Waals surface area contributed by atoms with Crippen molar-refractivity contribution in [3.05, 3.63) is 17.0 Å². The Morgan fingerprint density at radius 2 is 2.50 bits per heavy atom. The molecular weight excluding hydrogens is 178 g/mol. The molecule has 1 aromatic rings. The van der Waals surface area contributed by atoms with Crippen LogP contribution < -0.4 is 5.73 Å². The molecule has 0 aliphatic carbocycles. The third kappa shape index (κ3) is 2.03. The van der Waals surface area contributed by atoms with E-state index in [0.717, 1.165) is 0 Å². The second-order valence-corrected chi connectivity index (χ2v) is 2.52. The highest BCUT2D eigenvalue weighted by atomic mass is 32.1. The lowest BCUT2D eigenvalue weighted by atomic mass is 10.5. The van der Waals surface area contributed by atoms with Gasteiger partial charge in [-0.1, -0.05) is 0 Å². The number of carboxylic acid groups (broad SMARTS) is 1. The highest BCUT2D eigenvalue weighted by molar-refractivity contribution is 7.71. The standard InChI is InChI=1S/C6H7N3O2S/c7-4-1-2-9(3-5(10)11)6(12)8-4/h1-2H,3H2,(H,10,11)(H2,7,8,12). The summed E-state index contributed by atoms with van der Waals surface area (Å²) in [5, 5.41) is 8.43. The van der Waals surface area contributed by atoms with Crippen LogP contribution in [-0.4, -0.2) is 20.6 Å². The number of hydrogen-bond acceptors (Lipinski definition) is 4. The number of carboxylic acids is 1. The van der Waals surface area contributed by atoms with Crippen molar-refractivity contribution in [3.63, 3.8) is 0 Å². The highest BCUT2D eigenvalue weighted by Gasteiger charge is 1.99. The SMILES string of the molecule is Nc1ccn(CC(=O)O)c(=S)n1. The maximum Gasteiger partial charge on any atom is 0.323 e. The summed E-state index contributed by atoms with van der Waals surface area (Å²) < 4.78 is 1.51. The zero-order chi connectivity index (χ0) is 9.14. The largest absolute Gasteiger partial charge is 0.480 e. The minimum absolute atomic E-state index is 0.178. The van der Waals surface area contributed by atoms with Gasteiger partial charge < -0.3 is 15.4 Å². The molecular formula is C6H7N3O2S. The molecule has 1 aromatic heterocycles. The molecule has 0 unspecified atom stereocenters. The van der Waals surface area contributed by atoms with E-state index in [9.17, 15) is 4.79 Å². The molecule has 6 heteroatoms. The number of hydrogen-bond donors (Lipinski definition) is 2. The molecule has 0 aliphatic rings. The van der Waals surface area contributed by atoms with E-state index in [4.69, 9.17) is 23.1 Å². The number of aliphatic carboxylic acids is 1. The summed E-state index contributed by atoms with van der Waals surface area (Å²) in [6, 6.07) is 1.50. The zero-order valence-corrected chi connectivity index (χ0v) is 6.91. The van der Waals surface area contributed by atoms with Crippen LogP contribution in [0.15, 0.2) is 12.3 Å². The fourth-order valence-electron chi connectivity index (χ4n) is 0.708. The maximum absolute atomic E-state index is 10.3. The van der Waals surface area contributed by atoms with Crippen LogP contribution in [0, 0.1) is 4.77 Å². The van der Waals surface area contributed by atoms with Crippen molar-refractivity contribution in [1.29, 1.82) is 0 Å². The molecule has 1 rings (SSSR count). The van der Waals surface area contributed by atoms with E-state index in [1.54, 1.807) is 0 Å². The monoisotopic (exact) mass is 185 g/mol. The van der Waals surface area contributed by atoms with Crippen LogP contribution in [0.1, 0.15) is 0 Å². The zero-order valence-electron chi connectivity index (χ0n) is 6.10. The molecule has 0 fully saturated rings. The molecule has 0 amide bonds. The highest BCUT2D eigenvalue weighted by Crippen LogP contribution is 1.96. The van der Waals surface area contributed by atoms with Gasteiger partial charge in [0.1, 0.15) is 12.4 Å². The number of carbonyl (C=O) groups is 1. The Morgan fingerprint density at radius 1 is 1.83 bits per heavy atom. The summed E-state index contributed by atoms with van der Waals surface area (Å²) in [6.07, 6.45) is 1.50. The summed E-state index contributed by atoms with van der Waals surface area (Å²) in [5.74, 6) is -0.667. The van der Waals surface area contributed by atoms with Gasteiger partial charge in [-0.25, -0.2) is 4.98 Å². The average Bonchev–Trinajstić information content (AvgIpc) is 1.94. The Bertz CT molecular complexity index is 360. The minimum atomic E-state index is -0.960. The van der Waals surface area contributed by atoms with Crippen LogP contribution in [0.2, 0.25) is 0 Å². The quantitative estimate of drug-likeness (QED) is 0.647. The van der Waals surface area contributed by atoms with E-state index in [-0.39, 0.29) is 11.3 Å². The Hall–Kier alpha value is -1.43. The van der Waals surface area contributed by atoms with Crippen LogP contribution in [0.3, 0.4) is 0 Å². The molecule has 0 aromatic carbocycles. The summed E-state index contributed by atoms with van der Waals surface area (Å²) >= 11 is 4.77. The van der Waals surface area contributed by atoms with Gasteiger partial charge in [0.05, 0.1) is 0 Å². The van der Waals surface area contributed by atoms with E-state index in [1.807, 2.05) is 0 Å². The second kappa shape index (κ2) is 3.31. The molecule has 5 nitrogen and oxygen atoms in total. The minimum Gasteiger partial charge on any atom is -0.480 e. The summed E-state index contributed by atoms with van der Waals surface area (Å²) in [5.41, 5.74) is 5.32. The predicted octanol–water partition coefficient (Wildman–Crippen LogP) is 0.279. The molecule has 0 saturated heterocycles. The Morgan fingerprint density at radius 3 is 3.00 bits per heavy atom. The van der Waals surface area contributed by atoms with E-state index in [2.05, 4.69) is 4.98 Å². The molecule has 0 bridgehead atoms. The fraction of sp³-hybridized carbons (Fsp3) is 0.167. The van der Waals surface area contributed by atoms with Gasteiger partial charge in [-0.3, -0.25) is 4.79 Å². The van der Waals surface area contributed by atoms with Gasteiger partial charge in [0.25, 0.3) is 0 Å². The van der Waals surface area contributed by atoms with Gasteiger partial charge in [-0.15, -0.1) is 0 Å². The summed E-state index contributed by atoms with van der Waals surface area (Å²) in [6.45, 7) is -0.188. The first-order chi connectivity index (χ1) is 5.59. The van der Waals surface area contributed by atoms with E-state index >= 15 is 0 Å². The molecule has 0 radical (unpaired) electrons. The van der Waals surface area contributed by atoms with Crippen molar-refractivity contribution in [2.75, 3.05) is 5.73 Å². The number of nitrogen functional groups attached to an aromatic ring is 1. The van der Waals surface area contributed by atoms with Gasteiger partial charge in [0.15, 0.2) is 0 Å². The van der Waals surface area contributed by atoms with Crippen LogP contribution >= 0.6 is 12.2 Å². The molecule has 12 heavy (non-hydrogen) atoms. The van der Waals surface area contributed by atoms with Crippen molar-refractivity contribution in [2.45, 2.75) is 6.54 Å². The Balaban J connectivity index is 3.02. The lowest BCUT2D eigenvalue weighted by Crippen LogP contribution is -2.11. The molecule has 0 saturated carbocycles. The lowest BCUT2D eigenvalue weighted by Gasteiger charge is -2.01. The van der Waals surface area contributed by atoms with E-state index < -0.39 is 5.97 Å². The first kappa shape index (κ1) is 8.66. The van der Waals surface area contributed by atoms with Gasteiger partial charge in [-0.05, 0) is 18.3 Å². The normalized spacial score (nSPS) is 9.67. The van der Waals surface area contributed by atoms with E-state index in [0.29, 0.717) is 5.82 Å². The number of aromatic nitrogens is 2. The van der Waals surface area contributed by atoms with Gasteiger partial charge in [-0.2, -0.15) is 0 Å². The van der Waals surface area contributed by atoms with Crippen LogP contribution in [0.25, 0.3) is 0 Å². The fourth-order valence-corrected chi connectivity index (χ4v) is 0.939. The van der Waals surface area contributed by atoms with Crippen LogP contribution in [0.5, 0.6) is 0 Å². The van der Waals surface area contributed by atoms with Crippen molar-refractivity contribution in [3.8, 4) is 0 Å². The Kier molecular flexibility index (Phi) is 2.39. The summed E-state index contributed by atoms with van der Waals surface area (Å²) in [7, 11) is 0. The van der Waals surface area contributed by atoms with E-state index in [1.165, 1.54) is 16.8 Å². The Labute approximate surface area is 73.5 Å². The number of nitrogens with two attached hydrogens (primary N) is 1. The molecule has 1 heterocycles. The number of anilines is 1. The molecule has 0 spiro atoms. The van der Waals surface area contributed by atoms with Crippen molar-refractivity contribution < 1.29 is 9.90 Å². The van der Waals surface area contributed by atoms with Crippen LogP contribution in [-0.2, 0) is 11.3 Å². The van der Waals surface area contributed by atoms with Crippen molar-refractivity contribution in [2.24, 2.45) is 0 Å². The van der Waals surface area contributed by atoms with Crippen molar-refractivity contribution in [1.82, 2.24) is 9.55 Å². The van der Waals surface area contributed by atoms with Crippen molar-refractivity contribution >= 4 is 24.0 Å². The second-order valence-electron chi connectivity index (χ2n) is 2.16. The smallest absolute Gasteiger partial charge is 0.323 e.